The molecule has 0 aliphatic rings. The molecule has 0 unspecified atom stereocenters. The van der Waals surface area contributed by atoms with Crippen LogP contribution in [-0.4, -0.2) is 7.11 Å². The average molecular weight is 328 g/mol. The van der Waals surface area contributed by atoms with Crippen molar-refractivity contribution in [3.05, 3.63) is 52.5 Å². The summed E-state index contributed by atoms with van der Waals surface area (Å²) in [4.78, 5) is 0. The first-order valence-electron chi connectivity index (χ1n) is 5.40. The standard InChI is InChI=1S/C14H12BrClO2/c1-17-13-4-2-3-5-14(13)18-12-7-6-10(9-16)8-11(12)15/h2-8H,9H2,1H3. The molecule has 2 rings (SSSR count). The van der Waals surface area contributed by atoms with Crippen molar-refractivity contribution in [3.63, 3.8) is 0 Å². The average Bonchev–Trinajstić information content (AvgIpc) is 2.41. The van der Waals surface area contributed by atoms with Crippen LogP contribution in [0.15, 0.2) is 46.9 Å². The fourth-order valence-electron chi connectivity index (χ4n) is 1.53. The Kier molecular flexibility index (Phi) is 4.50. The molecule has 0 saturated heterocycles. The van der Waals surface area contributed by atoms with E-state index in [0.717, 1.165) is 15.8 Å². The Hall–Kier alpha value is -1.19. The Morgan fingerprint density at radius 1 is 1.06 bits per heavy atom. The van der Waals surface area contributed by atoms with Gasteiger partial charge < -0.3 is 9.47 Å². The predicted molar refractivity (Wildman–Crippen MR) is 76.8 cm³/mol. The van der Waals surface area contributed by atoms with E-state index in [2.05, 4.69) is 15.9 Å². The summed E-state index contributed by atoms with van der Waals surface area (Å²) in [7, 11) is 1.62. The summed E-state index contributed by atoms with van der Waals surface area (Å²) >= 11 is 9.24. The Morgan fingerprint density at radius 2 is 1.78 bits per heavy atom. The summed E-state index contributed by atoms with van der Waals surface area (Å²) in [6, 6.07) is 13.3. The van der Waals surface area contributed by atoms with Gasteiger partial charge in [-0.05, 0) is 45.8 Å². The second-order valence-electron chi connectivity index (χ2n) is 3.65. The molecule has 0 N–H and O–H groups in total. The van der Waals surface area contributed by atoms with Gasteiger partial charge >= 0.3 is 0 Å². The van der Waals surface area contributed by atoms with Crippen molar-refractivity contribution in [1.29, 1.82) is 0 Å². The molecular weight excluding hydrogens is 316 g/mol. The van der Waals surface area contributed by atoms with E-state index in [4.69, 9.17) is 21.1 Å². The minimum Gasteiger partial charge on any atom is -0.493 e. The van der Waals surface area contributed by atoms with Crippen LogP contribution in [0.2, 0.25) is 0 Å². The minimum atomic E-state index is 0.480. The van der Waals surface area contributed by atoms with Gasteiger partial charge in [0, 0.05) is 5.88 Å². The Morgan fingerprint density at radius 3 is 2.39 bits per heavy atom. The Bertz CT molecular complexity index is 543. The van der Waals surface area contributed by atoms with Crippen molar-refractivity contribution >= 4 is 27.5 Å². The van der Waals surface area contributed by atoms with Gasteiger partial charge in [-0.3, -0.25) is 0 Å². The summed E-state index contributed by atoms with van der Waals surface area (Å²) in [6.45, 7) is 0. The van der Waals surface area contributed by atoms with Crippen LogP contribution in [0.5, 0.6) is 17.2 Å². The smallest absolute Gasteiger partial charge is 0.169 e. The summed E-state index contributed by atoms with van der Waals surface area (Å²) in [5.41, 5.74) is 1.04. The topological polar surface area (TPSA) is 18.5 Å². The van der Waals surface area contributed by atoms with E-state index in [9.17, 15) is 0 Å². The van der Waals surface area contributed by atoms with Gasteiger partial charge in [0.05, 0.1) is 11.6 Å². The van der Waals surface area contributed by atoms with Crippen molar-refractivity contribution in [3.8, 4) is 17.2 Å². The summed E-state index contributed by atoms with van der Waals surface area (Å²) < 4.78 is 11.9. The Labute approximate surface area is 120 Å². The maximum atomic E-state index is 5.82. The van der Waals surface area contributed by atoms with Gasteiger partial charge in [-0.25, -0.2) is 0 Å². The lowest BCUT2D eigenvalue weighted by atomic mass is 10.2. The molecule has 0 aliphatic heterocycles. The van der Waals surface area contributed by atoms with E-state index in [0.29, 0.717) is 17.4 Å². The zero-order valence-electron chi connectivity index (χ0n) is 9.82. The summed E-state index contributed by atoms with van der Waals surface area (Å²) in [6.07, 6.45) is 0. The van der Waals surface area contributed by atoms with Crippen LogP contribution in [0, 0.1) is 0 Å². The lowest BCUT2D eigenvalue weighted by molar-refractivity contribution is 0.378. The number of para-hydroxylation sites is 2. The van der Waals surface area contributed by atoms with Crippen LogP contribution in [0.1, 0.15) is 5.56 Å². The molecule has 0 atom stereocenters. The number of rotatable bonds is 4. The van der Waals surface area contributed by atoms with E-state index in [1.807, 2.05) is 42.5 Å². The highest BCUT2D eigenvalue weighted by Crippen LogP contribution is 2.35. The highest BCUT2D eigenvalue weighted by atomic mass is 79.9. The minimum absolute atomic E-state index is 0.480. The molecule has 0 fully saturated rings. The van der Waals surface area contributed by atoms with Gasteiger partial charge in [-0.2, -0.15) is 0 Å². The normalized spacial score (nSPS) is 10.2. The van der Waals surface area contributed by atoms with E-state index >= 15 is 0 Å². The van der Waals surface area contributed by atoms with Crippen molar-refractivity contribution in [2.24, 2.45) is 0 Å². The summed E-state index contributed by atoms with van der Waals surface area (Å²) in [5.74, 6) is 2.59. The fraction of sp³-hybridized carbons (Fsp3) is 0.143. The molecule has 0 heterocycles. The fourth-order valence-corrected chi connectivity index (χ4v) is 2.21. The van der Waals surface area contributed by atoms with Crippen molar-refractivity contribution < 1.29 is 9.47 Å². The molecule has 0 radical (unpaired) electrons. The number of halogens is 2. The van der Waals surface area contributed by atoms with Crippen LogP contribution < -0.4 is 9.47 Å². The molecule has 94 valence electrons. The van der Waals surface area contributed by atoms with Gasteiger partial charge in [-0.15, -0.1) is 11.6 Å². The number of hydrogen-bond acceptors (Lipinski definition) is 2. The number of benzene rings is 2. The third-order valence-electron chi connectivity index (χ3n) is 2.44. The van der Waals surface area contributed by atoms with E-state index < -0.39 is 0 Å². The largest absolute Gasteiger partial charge is 0.493 e. The van der Waals surface area contributed by atoms with E-state index in [1.54, 1.807) is 7.11 Å². The number of ether oxygens (including phenoxy) is 2. The van der Waals surface area contributed by atoms with Gasteiger partial charge in [-0.1, -0.05) is 18.2 Å². The molecule has 0 bridgehead atoms. The molecule has 0 spiro atoms. The molecule has 4 heteroatoms. The first-order chi connectivity index (χ1) is 8.74. The van der Waals surface area contributed by atoms with Gasteiger partial charge in [0.25, 0.3) is 0 Å². The molecule has 0 amide bonds. The third kappa shape index (κ3) is 2.98. The van der Waals surface area contributed by atoms with Gasteiger partial charge in [0.2, 0.25) is 0 Å². The third-order valence-corrected chi connectivity index (χ3v) is 3.37. The van der Waals surface area contributed by atoms with Crippen LogP contribution in [0.25, 0.3) is 0 Å². The summed E-state index contributed by atoms with van der Waals surface area (Å²) in [5, 5.41) is 0. The van der Waals surface area contributed by atoms with Gasteiger partial charge in [0.1, 0.15) is 5.75 Å². The quantitative estimate of drug-likeness (QED) is 0.737. The highest BCUT2D eigenvalue weighted by molar-refractivity contribution is 9.10. The maximum Gasteiger partial charge on any atom is 0.169 e. The molecule has 2 nitrogen and oxygen atoms in total. The van der Waals surface area contributed by atoms with E-state index in [-0.39, 0.29) is 0 Å². The molecule has 18 heavy (non-hydrogen) atoms. The number of hydrogen-bond donors (Lipinski definition) is 0. The van der Waals surface area contributed by atoms with Crippen molar-refractivity contribution in [2.45, 2.75) is 5.88 Å². The zero-order chi connectivity index (χ0) is 13.0. The van der Waals surface area contributed by atoms with Crippen LogP contribution in [0.3, 0.4) is 0 Å². The van der Waals surface area contributed by atoms with E-state index in [1.165, 1.54) is 0 Å². The number of alkyl halides is 1. The monoisotopic (exact) mass is 326 g/mol. The lowest BCUT2D eigenvalue weighted by Crippen LogP contribution is -1.91. The first-order valence-corrected chi connectivity index (χ1v) is 6.72. The highest BCUT2D eigenvalue weighted by Gasteiger charge is 2.07. The second kappa shape index (κ2) is 6.12. The molecule has 2 aromatic carbocycles. The molecular formula is C14H12BrClO2. The van der Waals surface area contributed by atoms with Crippen molar-refractivity contribution in [2.75, 3.05) is 7.11 Å². The SMILES string of the molecule is COc1ccccc1Oc1ccc(CCl)cc1Br. The molecule has 2 aromatic rings. The molecule has 0 saturated carbocycles. The van der Waals surface area contributed by atoms with Crippen LogP contribution in [-0.2, 0) is 5.88 Å². The van der Waals surface area contributed by atoms with Crippen LogP contribution >= 0.6 is 27.5 Å². The Balaban J connectivity index is 2.28. The molecule has 0 aliphatic carbocycles. The first kappa shape index (κ1) is 13.2. The predicted octanol–water partition coefficient (Wildman–Crippen LogP) is 4.99. The lowest BCUT2D eigenvalue weighted by Gasteiger charge is -2.11. The maximum absolute atomic E-state index is 5.82. The van der Waals surface area contributed by atoms with Gasteiger partial charge in [0.15, 0.2) is 11.5 Å². The number of methoxy groups -OCH3 is 1. The second-order valence-corrected chi connectivity index (χ2v) is 4.77. The zero-order valence-corrected chi connectivity index (χ0v) is 12.2. The molecule has 0 aromatic heterocycles. The van der Waals surface area contributed by atoms with Crippen LogP contribution in [0.4, 0.5) is 0 Å². The van der Waals surface area contributed by atoms with Crippen molar-refractivity contribution in [1.82, 2.24) is 0 Å².